The number of ketones is 1. The Kier molecular flexibility index (Phi) is 14.8. The van der Waals surface area contributed by atoms with Crippen LogP contribution in [0.2, 0.25) is 13.1 Å². The molecule has 66 heavy (non-hydrogen) atoms. The molecule has 5 aromatic rings. The number of benzene rings is 5. The number of hydrogen-bond acceptors (Lipinski definition) is 4. The molecule has 0 aromatic heterocycles. The Labute approximate surface area is 395 Å². The Balaban J connectivity index is 1.34. The zero-order valence-corrected chi connectivity index (χ0v) is 42.4. The van der Waals surface area contributed by atoms with Gasteiger partial charge in [-0.15, -0.1) is 0 Å². The largest absolute Gasteiger partial charge is 0.378 e. The second kappa shape index (κ2) is 20.3. The van der Waals surface area contributed by atoms with Gasteiger partial charge in [0.15, 0.2) is 11.5 Å². The highest BCUT2D eigenvalue weighted by Gasteiger charge is 2.40. The van der Waals surface area contributed by atoms with Gasteiger partial charge in [0.05, 0.1) is 0 Å². The lowest BCUT2D eigenvalue weighted by Crippen LogP contribution is -2.49. The van der Waals surface area contributed by atoms with E-state index in [-0.39, 0.29) is 11.7 Å². The summed E-state index contributed by atoms with van der Waals surface area (Å²) in [7, 11) is 6.45. The van der Waals surface area contributed by atoms with Crippen LogP contribution in [0.15, 0.2) is 126 Å². The number of fused-ring (bicyclic) bond motifs is 4. The first-order chi connectivity index (χ1) is 31.5. The maximum atomic E-state index is 12.3. The minimum atomic E-state index is -2.10. The summed E-state index contributed by atoms with van der Waals surface area (Å²) in [6.07, 6.45) is 13.5. The van der Waals surface area contributed by atoms with Crippen molar-refractivity contribution in [2.45, 2.75) is 92.3 Å². The third-order valence-electron chi connectivity index (χ3n) is 13.9. The first-order valence-electron chi connectivity index (χ1n) is 23.9. The third-order valence-corrected chi connectivity index (χ3v) is 17.4. The highest BCUT2D eigenvalue weighted by molar-refractivity contribution is 6.98. The summed E-state index contributed by atoms with van der Waals surface area (Å²) in [5.74, 6) is 0.0808. The Hall–Kier alpha value is -5.89. The molecule has 0 bridgehead atoms. The number of carbonyl (C=O) groups excluding carboxylic acids is 2. The molecule has 1 aliphatic heterocycles. The molecule has 0 unspecified atom stereocenters. The average Bonchev–Trinajstić information content (AvgIpc) is 3.28. The van der Waals surface area contributed by atoms with E-state index in [2.05, 4.69) is 179 Å². The SMILES string of the molecule is C=C(C)C(=O)CCCCCCc1c2ccccc2c(CNCCCNC(=O)C(=C)C)c2ccc(-c3cc(C4=C5C=CC(=[N+](C)C)C=C5[Si](C)(C)c5cc(N(C)C)ccc54)c(C)cc3C)cc12. The Bertz CT molecular complexity index is 2900. The van der Waals surface area contributed by atoms with Crippen LogP contribution < -0.4 is 20.7 Å². The number of carbonyl (C=O) groups is 2. The molecule has 7 heteroatoms. The van der Waals surface area contributed by atoms with Crippen LogP contribution in [-0.4, -0.2) is 71.3 Å². The van der Waals surface area contributed by atoms with Crippen molar-refractivity contribution < 1.29 is 14.2 Å². The highest BCUT2D eigenvalue weighted by atomic mass is 28.3. The predicted octanol–water partition coefficient (Wildman–Crippen LogP) is 11.6. The minimum absolute atomic E-state index is 0.0931. The molecule has 6 nitrogen and oxygen atoms in total. The number of rotatable bonds is 18. The van der Waals surface area contributed by atoms with E-state index in [1.165, 1.54) is 99.0 Å². The van der Waals surface area contributed by atoms with E-state index in [9.17, 15) is 9.59 Å². The monoisotopic (exact) mass is 896 g/mol. The van der Waals surface area contributed by atoms with Crippen molar-refractivity contribution in [2.75, 3.05) is 46.2 Å². The molecule has 0 atom stereocenters. The molecule has 0 saturated carbocycles. The first kappa shape index (κ1) is 48.1. The quantitative estimate of drug-likeness (QED) is 0.0302. The van der Waals surface area contributed by atoms with Gasteiger partial charge in [0.1, 0.15) is 22.2 Å². The summed E-state index contributed by atoms with van der Waals surface area (Å²) >= 11 is 0. The van der Waals surface area contributed by atoms with Gasteiger partial charge >= 0.3 is 0 Å². The molecule has 2 N–H and O–H groups in total. The number of hydrogen-bond donors (Lipinski definition) is 2. The molecule has 0 radical (unpaired) electrons. The van der Waals surface area contributed by atoms with Crippen molar-refractivity contribution >= 4 is 63.5 Å². The van der Waals surface area contributed by atoms with E-state index in [0.717, 1.165) is 51.6 Å². The molecule has 2 aliphatic rings. The summed E-state index contributed by atoms with van der Waals surface area (Å²) in [5.41, 5.74) is 16.7. The zero-order valence-electron chi connectivity index (χ0n) is 41.4. The van der Waals surface area contributed by atoms with Gasteiger partial charge in [-0.25, -0.2) is 4.58 Å². The normalized spacial score (nSPS) is 14.0. The molecule has 342 valence electrons. The molecule has 1 heterocycles. The first-order valence-corrected chi connectivity index (χ1v) is 26.9. The third kappa shape index (κ3) is 9.94. The molecular weight excluding hydrogens is 825 g/mol. The van der Waals surface area contributed by atoms with Crippen molar-refractivity contribution in [3.63, 3.8) is 0 Å². The van der Waals surface area contributed by atoms with Crippen LogP contribution in [0.25, 0.3) is 38.2 Å². The lowest BCUT2D eigenvalue weighted by molar-refractivity contribution is -0.462. The van der Waals surface area contributed by atoms with E-state index in [1.54, 1.807) is 6.92 Å². The summed E-state index contributed by atoms with van der Waals surface area (Å²) in [6, 6.07) is 28.1. The second-order valence-corrected chi connectivity index (χ2v) is 24.0. The number of nitrogens with one attached hydrogen (secondary N) is 2. The molecule has 7 rings (SSSR count). The van der Waals surface area contributed by atoms with Crippen LogP contribution in [0.3, 0.4) is 0 Å². The van der Waals surface area contributed by atoms with Gasteiger partial charge in [-0.05, 0) is 183 Å². The Morgan fingerprint density at radius 3 is 2.11 bits per heavy atom. The van der Waals surface area contributed by atoms with E-state index in [1.807, 2.05) is 6.92 Å². The number of anilines is 1. The molecule has 0 saturated heterocycles. The predicted molar refractivity (Wildman–Crippen MR) is 285 cm³/mol. The van der Waals surface area contributed by atoms with Crippen LogP contribution in [-0.2, 0) is 22.6 Å². The fraction of sp³-hybridized carbons (Fsp3) is 0.339. The van der Waals surface area contributed by atoms with E-state index >= 15 is 0 Å². The fourth-order valence-corrected chi connectivity index (χ4v) is 13.1. The number of unbranched alkanes of at least 4 members (excludes halogenated alkanes) is 3. The topological polar surface area (TPSA) is 64.5 Å². The smallest absolute Gasteiger partial charge is 0.246 e. The lowest BCUT2D eigenvalue weighted by Gasteiger charge is -2.38. The molecule has 5 aromatic carbocycles. The van der Waals surface area contributed by atoms with Crippen molar-refractivity contribution in [1.29, 1.82) is 0 Å². The van der Waals surface area contributed by atoms with E-state index in [4.69, 9.17) is 0 Å². The number of aryl methyl sites for hydroxylation is 3. The van der Waals surface area contributed by atoms with E-state index < -0.39 is 8.07 Å². The number of allylic oxidation sites excluding steroid dienone is 6. The van der Waals surface area contributed by atoms with Gasteiger partial charge in [-0.2, -0.15) is 0 Å². The molecule has 0 fully saturated rings. The summed E-state index contributed by atoms with van der Waals surface area (Å²) in [4.78, 5) is 26.6. The zero-order chi connectivity index (χ0) is 47.4. The van der Waals surface area contributed by atoms with Crippen LogP contribution >= 0.6 is 0 Å². The van der Waals surface area contributed by atoms with Gasteiger partial charge < -0.3 is 15.5 Å². The van der Waals surface area contributed by atoms with Crippen LogP contribution in [0.1, 0.15) is 85.8 Å². The fourth-order valence-electron chi connectivity index (χ4n) is 10.0. The van der Waals surface area contributed by atoms with Crippen molar-refractivity contribution in [2.24, 2.45) is 0 Å². The van der Waals surface area contributed by atoms with Gasteiger partial charge in [0.2, 0.25) is 5.91 Å². The summed E-state index contributed by atoms with van der Waals surface area (Å²) in [5, 5.41) is 14.8. The van der Waals surface area contributed by atoms with Crippen molar-refractivity contribution in [1.82, 2.24) is 10.6 Å². The highest BCUT2D eigenvalue weighted by Crippen LogP contribution is 2.45. The number of amides is 1. The van der Waals surface area contributed by atoms with Gasteiger partial charge in [-0.1, -0.05) is 87.6 Å². The van der Waals surface area contributed by atoms with Crippen molar-refractivity contribution in [3.8, 4) is 11.1 Å². The van der Waals surface area contributed by atoms with Crippen molar-refractivity contribution in [3.05, 3.63) is 159 Å². The molecular formula is C59H71N4O2Si+. The van der Waals surface area contributed by atoms with Gasteiger partial charge in [0, 0.05) is 57.0 Å². The number of nitrogens with zero attached hydrogens (tertiary/aromatic N) is 2. The molecule has 1 aliphatic carbocycles. The lowest BCUT2D eigenvalue weighted by atomic mass is 9.83. The average molecular weight is 896 g/mol. The molecule has 0 spiro atoms. The molecule has 1 amide bonds. The Morgan fingerprint density at radius 1 is 0.712 bits per heavy atom. The van der Waals surface area contributed by atoms with Crippen LogP contribution in [0.5, 0.6) is 0 Å². The summed E-state index contributed by atoms with van der Waals surface area (Å²) < 4.78 is 2.23. The number of Topliss-reactive ketones (excluding diaryl/α,β-unsaturated/α-hetero) is 1. The van der Waals surface area contributed by atoms with Crippen LogP contribution in [0, 0.1) is 13.8 Å². The second-order valence-electron chi connectivity index (χ2n) is 19.7. The maximum absolute atomic E-state index is 12.3. The van der Waals surface area contributed by atoms with Gasteiger partial charge in [0.25, 0.3) is 0 Å². The minimum Gasteiger partial charge on any atom is -0.378 e. The standard InChI is InChI=1S/C59H70N4O2Si/c1-38(2)55(64)23-16-14-13-15-20-46-45-21-17-18-22-47(45)54(37-60-30-19-31-61-59(65)39(3)4)48-27-24-42(33-53(46)48)51-36-52(41(6)32-40(51)5)58-49-28-25-43(62(7)8)34-56(49)66(11,12)57-35-44(63(9)10)26-29-50(57)58/h17-18,21-22,24-29,32-36,60H,1,3,13-16,19-20,23,30-31,37H2,2,4-12H3/p+1. The van der Waals surface area contributed by atoms with Gasteiger partial charge in [-0.3, -0.25) is 9.59 Å². The van der Waals surface area contributed by atoms with Crippen LogP contribution in [0.4, 0.5) is 5.69 Å². The van der Waals surface area contributed by atoms with E-state index in [0.29, 0.717) is 24.1 Å². The summed E-state index contributed by atoms with van der Waals surface area (Å²) in [6.45, 7) is 22.9. The Morgan fingerprint density at radius 2 is 1.41 bits per heavy atom. The maximum Gasteiger partial charge on any atom is 0.246 e.